The molecule has 0 radical (unpaired) electrons. The lowest BCUT2D eigenvalue weighted by molar-refractivity contribution is -0.163. The van der Waals surface area contributed by atoms with E-state index in [1.54, 1.807) is 6.92 Å². The molecular weight excluding hydrogens is 398 g/mol. The van der Waals surface area contributed by atoms with Gasteiger partial charge in [0.25, 0.3) is 0 Å². The molecule has 1 aromatic rings. The molecule has 1 aromatic carbocycles. The Balaban J connectivity index is 2.84. The van der Waals surface area contributed by atoms with Crippen molar-refractivity contribution >= 4 is 35.9 Å². The van der Waals surface area contributed by atoms with Crippen LogP contribution in [0.25, 0.3) is 0 Å². The zero-order chi connectivity index (χ0) is 19.5. The number of ether oxygens (including phenoxy) is 1. The quantitative estimate of drug-likeness (QED) is 0.477. The summed E-state index contributed by atoms with van der Waals surface area (Å²) in [5, 5.41) is 3.44. The SMILES string of the molecule is CC(O[Si](C)(CNc1ccc(Br)cc1)C(C)(C)C)C(=O)OC(C)(C)C. The first-order chi connectivity index (χ1) is 11.2. The summed E-state index contributed by atoms with van der Waals surface area (Å²) >= 11 is 3.45. The van der Waals surface area contributed by atoms with E-state index < -0.39 is 20.0 Å². The number of carbonyl (C=O) groups excluding carboxylic acids is 1. The van der Waals surface area contributed by atoms with Crippen LogP contribution in [0.3, 0.4) is 0 Å². The van der Waals surface area contributed by atoms with Crippen molar-refractivity contribution in [3.8, 4) is 0 Å². The van der Waals surface area contributed by atoms with Gasteiger partial charge in [0.2, 0.25) is 8.32 Å². The third-order valence-electron chi connectivity index (χ3n) is 4.24. The molecule has 2 unspecified atom stereocenters. The normalized spacial score (nSPS) is 16.0. The lowest BCUT2D eigenvalue weighted by Crippen LogP contribution is -2.54. The van der Waals surface area contributed by atoms with Crippen LogP contribution in [0.15, 0.2) is 28.7 Å². The number of hydrogen-bond acceptors (Lipinski definition) is 4. The molecule has 0 bridgehead atoms. The minimum absolute atomic E-state index is 0.0361. The third kappa shape index (κ3) is 7.11. The first kappa shape index (κ1) is 22.2. The van der Waals surface area contributed by atoms with Crippen molar-refractivity contribution in [1.82, 2.24) is 0 Å². The first-order valence-electron chi connectivity index (χ1n) is 8.64. The van der Waals surface area contributed by atoms with Crippen LogP contribution in [-0.2, 0) is 14.0 Å². The molecule has 0 aliphatic carbocycles. The number of anilines is 1. The molecule has 0 aliphatic rings. The number of rotatable bonds is 6. The summed E-state index contributed by atoms with van der Waals surface area (Å²) in [6.45, 7) is 16.1. The molecule has 4 nitrogen and oxygen atoms in total. The first-order valence-corrected chi connectivity index (χ1v) is 12.0. The molecule has 1 rings (SSSR count). The number of nitrogens with one attached hydrogen (secondary N) is 1. The number of benzene rings is 1. The lowest BCUT2D eigenvalue weighted by atomic mass is 10.2. The van der Waals surface area contributed by atoms with Crippen LogP contribution in [0.1, 0.15) is 48.5 Å². The summed E-state index contributed by atoms with van der Waals surface area (Å²) in [6.07, 6.45) is 0.132. The molecular formula is C19H32BrNO3Si. The van der Waals surface area contributed by atoms with Crippen molar-refractivity contribution in [3.63, 3.8) is 0 Å². The second kappa shape index (κ2) is 8.23. The van der Waals surface area contributed by atoms with Crippen molar-refractivity contribution in [2.45, 2.75) is 71.8 Å². The van der Waals surface area contributed by atoms with E-state index >= 15 is 0 Å². The molecule has 0 saturated carbocycles. The molecule has 25 heavy (non-hydrogen) atoms. The van der Waals surface area contributed by atoms with E-state index in [1.165, 1.54) is 0 Å². The molecule has 6 heteroatoms. The third-order valence-corrected chi connectivity index (χ3v) is 9.66. The number of esters is 1. The van der Waals surface area contributed by atoms with Crippen LogP contribution in [0.4, 0.5) is 5.69 Å². The Morgan fingerprint density at radius 1 is 1.16 bits per heavy atom. The largest absolute Gasteiger partial charge is 0.458 e. The zero-order valence-electron chi connectivity index (χ0n) is 16.7. The van der Waals surface area contributed by atoms with Gasteiger partial charge < -0.3 is 14.5 Å². The van der Waals surface area contributed by atoms with Crippen molar-refractivity contribution in [2.24, 2.45) is 0 Å². The summed E-state index contributed by atoms with van der Waals surface area (Å²) in [4.78, 5) is 12.3. The van der Waals surface area contributed by atoms with Crippen molar-refractivity contribution < 1.29 is 14.0 Å². The Hall–Kier alpha value is -0.853. The smallest absolute Gasteiger partial charge is 0.334 e. The maximum absolute atomic E-state index is 12.3. The van der Waals surface area contributed by atoms with Gasteiger partial charge in [-0.1, -0.05) is 36.7 Å². The van der Waals surface area contributed by atoms with E-state index in [2.05, 4.69) is 48.6 Å². The molecule has 142 valence electrons. The molecule has 1 N–H and O–H groups in total. The zero-order valence-corrected chi connectivity index (χ0v) is 19.3. The Labute approximate surface area is 161 Å². The molecule has 0 heterocycles. The highest BCUT2D eigenvalue weighted by Crippen LogP contribution is 2.38. The highest BCUT2D eigenvalue weighted by atomic mass is 79.9. The Kier molecular flexibility index (Phi) is 7.30. The topological polar surface area (TPSA) is 47.6 Å². The highest BCUT2D eigenvalue weighted by Gasteiger charge is 2.44. The summed E-state index contributed by atoms with van der Waals surface area (Å²) in [7, 11) is -2.27. The van der Waals surface area contributed by atoms with Crippen molar-refractivity contribution in [3.05, 3.63) is 28.7 Å². The van der Waals surface area contributed by atoms with E-state index in [4.69, 9.17) is 9.16 Å². The summed E-state index contributed by atoms with van der Waals surface area (Å²) in [6, 6.07) is 8.06. The molecule has 2 atom stereocenters. The van der Waals surface area contributed by atoms with Gasteiger partial charge >= 0.3 is 5.97 Å². The van der Waals surface area contributed by atoms with Gasteiger partial charge in [-0.05, 0) is 63.5 Å². The van der Waals surface area contributed by atoms with Crippen LogP contribution in [-0.4, -0.2) is 32.2 Å². The Morgan fingerprint density at radius 3 is 2.12 bits per heavy atom. The predicted molar refractivity (Wildman–Crippen MR) is 110 cm³/mol. The van der Waals surface area contributed by atoms with Gasteiger partial charge in [0.15, 0.2) is 0 Å². The molecule has 0 amide bonds. The average molecular weight is 430 g/mol. The average Bonchev–Trinajstić information content (AvgIpc) is 2.43. The monoisotopic (exact) mass is 429 g/mol. The van der Waals surface area contributed by atoms with Crippen LogP contribution in [0.5, 0.6) is 0 Å². The molecule has 0 spiro atoms. The van der Waals surface area contributed by atoms with Gasteiger partial charge in [0.1, 0.15) is 11.7 Å². The van der Waals surface area contributed by atoms with E-state index in [9.17, 15) is 4.79 Å². The van der Waals surface area contributed by atoms with E-state index in [1.807, 2.05) is 45.0 Å². The molecule has 0 aromatic heterocycles. The second-order valence-corrected chi connectivity index (χ2v) is 14.1. The minimum atomic E-state index is -2.27. The van der Waals surface area contributed by atoms with Crippen LogP contribution < -0.4 is 5.32 Å². The van der Waals surface area contributed by atoms with Gasteiger partial charge in [-0.25, -0.2) is 4.79 Å². The molecule has 0 aliphatic heterocycles. The van der Waals surface area contributed by atoms with Gasteiger partial charge in [0, 0.05) is 16.3 Å². The van der Waals surface area contributed by atoms with Gasteiger partial charge in [-0.15, -0.1) is 0 Å². The predicted octanol–water partition coefficient (Wildman–Crippen LogP) is 5.52. The maximum atomic E-state index is 12.3. The molecule has 0 saturated heterocycles. The molecule has 0 fully saturated rings. The summed E-state index contributed by atoms with van der Waals surface area (Å²) in [5.74, 6) is -0.306. The lowest BCUT2D eigenvalue weighted by Gasteiger charge is -2.41. The second-order valence-electron chi connectivity index (χ2n) is 8.63. The van der Waals surface area contributed by atoms with E-state index in [0.717, 1.165) is 10.2 Å². The van der Waals surface area contributed by atoms with E-state index in [0.29, 0.717) is 6.17 Å². The Bertz CT molecular complexity index is 578. The van der Waals surface area contributed by atoms with Crippen LogP contribution in [0, 0.1) is 0 Å². The fourth-order valence-corrected chi connectivity index (χ4v) is 4.79. The minimum Gasteiger partial charge on any atom is -0.458 e. The van der Waals surface area contributed by atoms with Gasteiger partial charge in [-0.3, -0.25) is 0 Å². The fraction of sp³-hybridized carbons (Fsp3) is 0.632. The number of halogens is 1. The number of carbonyl (C=O) groups is 1. The van der Waals surface area contributed by atoms with Gasteiger partial charge in [0.05, 0.1) is 0 Å². The Morgan fingerprint density at radius 2 is 1.68 bits per heavy atom. The maximum Gasteiger partial charge on any atom is 0.334 e. The van der Waals surface area contributed by atoms with Crippen LogP contribution in [0.2, 0.25) is 11.6 Å². The van der Waals surface area contributed by atoms with Crippen molar-refractivity contribution in [1.29, 1.82) is 0 Å². The number of hydrogen-bond donors (Lipinski definition) is 1. The van der Waals surface area contributed by atoms with E-state index in [-0.39, 0.29) is 11.0 Å². The summed E-state index contributed by atoms with van der Waals surface area (Å²) in [5.41, 5.74) is 0.532. The fourth-order valence-electron chi connectivity index (χ4n) is 2.15. The highest BCUT2D eigenvalue weighted by molar-refractivity contribution is 9.10. The van der Waals surface area contributed by atoms with Gasteiger partial charge in [-0.2, -0.15) is 0 Å². The van der Waals surface area contributed by atoms with Crippen molar-refractivity contribution in [2.75, 3.05) is 11.5 Å². The van der Waals surface area contributed by atoms with Crippen LogP contribution >= 0.6 is 15.9 Å². The summed E-state index contributed by atoms with van der Waals surface area (Å²) < 4.78 is 12.9. The standard InChI is InChI=1S/C19H32BrNO3Si/c1-14(17(22)23-18(2,3)4)24-25(8,19(5,6)7)13-21-16-11-9-15(20)10-12-16/h9-12,14,21H,13H2,1-8H3.